The topological polar surface area (TPSA) is 114 Å². The van der Waals surface area contributed by atoms with Crippen LogP contribution in [0.3, 0.4) is 0 Å². The lowest BCUT2D eigenvalue weighted by atomic mass is 10.0. The summed E-state index contributed by atoms with van der Waals surface area (Å²) in [7, 11) is -4.71. The summed E-state index contributed by atoms with van der Waals surface area (Å²) in [5.41, 5.74) is 0.00564. The van der Waals surface area contributed by atoms with Crippen molar-refractivity contribution in [3.05, 3.63) is 77.4 Å². The van der Waals surface area contributed by atoms with Gasteiger partial charge in [0.15, 0.2) is 16.6 Å². The molecule has 0 aromatic heterocycles. The lowest BCUT2D eigenvalue weighted by Crippen LogP contribution is -2.50. The molecule has 11 heteroatoms. The first kappa shape index (κ1) is 45.2. The zero-order chi connectivity index (χ0) is 38.3. The average molecular weight is 732 g/mol. The van der Waals surface area contributed by atoms with Crippen LogP contribution in [0.2, 0.25) is 36.3 Å². The smallest absolute Gasteiger partial charge is 0.338 e. The molecule has 0 radical (unpaired) electrons. The van der Waals surface area contributed by atoms with Crippen molar-refractivity contribution >= 4 is 34.3 Å². The Kier molecular flexibility index (Phi) is 18.3. The SMILES string of the molecule is C=CCC[C@H](C[C@H](O[Si](C)(C)C(C)(C)C)[C@@H](/C=C/C(=O)O[C@@H](CC=C)CCCCC)OC(=O)c1ccc([N+](=O)[O-])cc1)O[Si](C)(C)C(C)(C)C. The zero-order valence-electron chi connectivity index (χ0n) is 32.7. The third-order valence-corrected chi connectivity index (χ3v) is 18.9. The molecular formula is C39H65NO8Si2. The van der Waals surface area contributed by atoms with Crippen molar-refractivity contribution in [1.82, 2.24) is 0 Å². The molecule has 0 spiro atoms. The summed E-state index contributed by atoms with van der Waals surface area (Å²) in [6.45, 7) is 31.6. The van der Waals surface area contributed by atoms with E-state index in [0.29, 0.717) is 19.3 Å². The van der Waals surface area contributed by atoms with Crippen molar-refractivity contribution < 1.29 is 32.8 Å². The van der Waals surface area contributed by atoms with Gasteiger partial charge in [0.2, 0.25) is 0 Å². The monoisotopic (exact) mass is 731 g/mol. The Hall–Kier alpha value is -2.87. The molecule has 0 N–H and O–H groups in total. The van der Waals surface area contributed by atoms with Gasteiger partial charge in [0.1, 0.15) is 12.2 Å². The second-order valence-corrected chi connectivity index (χ2v) is 25.6. The highest BCUT2D eigenvalue weighted by Crippen LogP contribution is 2.41. The number of nitro benzene ring substituents is 1. The van der Waals surface area contributed by atoms with Gasteiger partial charge >= 0.3 is 11.9 Å². The van der Waals surface area contributed by atoms with Crippen LogP contribution in [0.5, 0.6) is 0 Å². The predicted octanol–water partition coefficient (Wildman–Crippen LogP) is 10.9. The van der Waals surface area contributed by atoms with Gasteiger partial charge in [-0.25, -0.2) is 9.59 Å². The first-order chi connectivity index (χ1) is 23.1. The van der Waals surface area contributed by atoms with E-state index in [1.54, 1.807) is 12.2 Å². The summed E-state index contributed by atoms with van der Waals surface area (Å²) >= 11 is 0. The number of carbonyl (C=O) groups excluding carboxylic acids is 2. The first-order valence-electron chi connectivity index (χ1n) is 18.0. The van der Waals surface area contributed by atoms with E-state index in [2.05, 4.69) is 87.8 Å². The van der Waals surface area contributed by atoms with E-state index in [0.717, 1.165) is 32.1 Å². The number of non-ortho nitro benzene ring substituents is 1. The summed E-state index contributed by atoms with van der Waals surface area (Å²) < 4.78 is 26.0. The number of hydrogen-bond acceptors (Lipinski definition) is 8. The van der Waals surface area contributed by atoms with Gasteiger partial charge in [0, 0.05) is 37.2 Å². The van der Waals surface area contributed by atoms with Crippen LogP contribution in [0.15, 0.2) is 61.7 Å². The van der Waals surface area contributed by atoms with E-state index < -0.39 is 45.7 Å². The van der Waals surface area contributed by atoms with Crippen molar-refractivity contribution in [1.29, 1.82) is 0 Å². The Bertz CT molecular complexity index is 1280. The van der Waals surface area contributed by atoms with Crippen LogP contribution in [0, 0.1) is 10.1 Å². The average Bonchev–Trinajstić information content (AvgIpc) is 3.00. The third-order valence-electron chi connectivity index (χ3n) is 9.90. The first-order valence-corrected chi connectivity index (χ1v) is 23.8. The Morgan fingerprint density at radius 2 is 1.44 bits per heavy atom. The Morgan fingerprint density at radius 1 is 0.860 bits per heavy atom. The highest BCUT2D eigenvalue weighted by atomic mass is 28.4. The number of allylic oxidation sites excluding steroid dienone is 1. The lowest BCUT2D eigenvalue weighted by Gasteiger charge is -2.43. The van der Waals surface area contributed by atoms with E-state index in [1.807, 2.05) is 6.08 Å². The molecule has 4 atom stereocenters. The molecule has 0 aliphatic rings. The van der Waals surface area contributed by atoms with Gasteiger partial charge in [-0.15, -0.1) is 13.2 Å². The Morgan fingerprint density at radius 3 is 1.94 bits per heavy atom. The zero-order valence-corrected chi connectivity index (χ0v) is 34.7. The molecule has 1 aromatic carbocycles. The largest absolute Gasteiger partial charge is 0.459 e. The number of unbranched alkanes of at least 4 members (excludes halogenated alkanes) is 2. The number of carbonyl (C=O) groups is 2. The quantitative estimate of drug-likeness (QED) is 0.0220. The van der Waals surface area contributed by atoms with Crippen molar-refractivity contribution in [2.75, 3.05) is 0 Å². The van der Waals surface area contributed by atoms with Gasteiger partial charge in [-0.05, 0) is 80.2 Å². The Labute approximate surface area is 304 Å². The maximum atomic E-state index is 13.6. The molecule has 0 saturated carbocycles. The third kappa shape index (κ3) is 15.2. The number of benzene rings is 1. The van der Waals surface area contributed by atoms with E-state index in [-0.39, 0.29) is 33.5 Å². The number of ether oxygens (including phenoxy) is 2. The van der Waals surface area contributed by atoms with Crippen LogP contribution in [0.25, 0.3) is 0 Å². The molecule has 0 bridgehead atoms. The fraction of sp³-hybridized carbons (Fsp3) is 0.641. The number of rotatable bonds is 22. The van der Waals surface area contributed by atoms with Crippen LogP contribution in [0.1, 0.15) is 110 Å². The molecule has 0 saturated heterocycles. The molecule has 0 unspecified atom stereocenters. The molecule has 50 heavy (non-hydrogen) atoms. The highest BCUT2D eigenvalue weighted by Gasteiger charge is 2.44. The standard InChI is InChI=1S/C39H65NO8Si2/c1-14-17-19-22-32(20-16-3)45-36(41)28-27-34(46-37(42)30-23-25-31(26-24-30)40(43)44)35(48-50(12,13)39(7,8)9)29-33(21-18-15-2)47-49(10,11)38(4,5)6/h15-16,23-28,32-35H,2-3,14,17-22,29H2,1,4-13H3/b28-27+/t32-,33+,34+,35-/m0/s1. The van der Waals surface area contributed by atoms with Crippen LogP contribution >= 0.6 is 0 Å². The minimum Gasteiger partial charge on any atom is -0.459 e. The summed E-state index contributed by atoms with van der Waals surface area (Å²) in [5.74, 6) is -1.24. The van der Waals surface area contributed by atoms with Gasteiger partial charge in [-0.2, -0.15) is 0 Å². The predicted molar refractivity (Wildman–Crippen MR) is 208 cm³/mol. The van der Waals surface area contributed by atoms with E-state index in [9.17, 15) is 19.7 Å². The molecule has 0 aliphatic carbocycles. The highest BCUT2D eigenvalue weighted by molar-refractivity contribution is 6.74. The molecule has 1 rings (SSSR count). The van der Waals surface area contributed by atoms with Crippen molar-refractivity contribution in [3.8, 4) is 0 Å². The maximum Gasteiger partial charge on any atom is 0.338 e. The molecule has 282 valence electrons. The van der Waals surface area contributed by atoms with Crippen LogP contribution < -0.4 is 0 Å². The maximum absolute atomic E-state index is 13.6. The summed E-state index contributed by atoms with van der Waals surface area (Å²) in [5, 5.41) is 11.0. The van der Waals surface area contributed by atoms with Gasteiger partial charge in [0.25, 0.3) is 5.69 Å². The second kappa shape index (κ2) is 20.2. The summed E-state index contributed by atoms with van der Waals surface area (Å²) in [4.78, 5) is 37.6. The number of hydrogen-bond donors (Lipinski definition) is 0. The van der Waals surface area contributed by atoms with Crippen LogP contribution in [-0.4, -0.2) is 57.9 Å². The molecule has 0 fully saturated rings. The normalized spacial score (nSPS) is 15.2. The number of esters is 2. The number of nitro groups is 1. The molecule has 9 nitrogen and oxygen atoms in total. The van der Waals surface area contributed by atoms with Gasteiger partial charge in [-0.1, -0.05) is 73.5 Å². The van der Waals surface area contributed by atoms with Crippen LogP contribution in [-0.2, 0) is 23.1 Å². The van der Waals surface area contributed by atoms with Crippen molar-refractivity contribution in [2.45, 2.75) is 161 Å². The summed E-state index contributed by atoms with van der Waals surface area (Å²) in [6, 6.07) is 5.25. The van der Waals surface area contributed by atoms with Gasteiger partial charge in [-0.3, -0.25) is 10.1 Å². The summed E-state index contributed by atoms with van der Waals surface area (Å²) in [6.07, 6.45) is 10.4. The fourth-order valence-corrected chi connectivity index (χ4v) is 7.49. The fourth-order valence-electron chi connectivity index (χ4n) is 4.75. The van der Waals surface area contributed by atoms with Crippen molar-refractivity contribution in [2.24, 2.45) is 0 Å². The minimum atomic E-state index is -2.48. The lowest BCUT2D eigenvalue weighted by molar-refractivity contribution is -0.384. The van der Waals surface area contributed by atoms with E-state index >= 15 is 0 Å². The second-order valence-electron chi connectivity index (χ2n) is 16.1. The van der Waals surface area contributed by atoms with Crippen LogP contribution in [0.4, 0.5) is 5.69 Å². The number of nitrogens with zero attached hydrogens (tertiary/aromatic N) is 1. The van der Waals surface area contributed by atoms with Gasteiger partial charge in [0.05, 0.1) is 16.6 Å². The van der Waals surface area contributed by atoms with Crippen molar-refractivity contribution in [3.63, 3.8) is 0 Å². The Balaban J connectivity index is 3.71. The molecule has 0 heterocycles. The minimum absolute atomic E-state index is 0.0419. The van der Waals surface area contributed by atoms with E-state index in [1.165, 1.54) is 30.3 Å². The van der Waals surface area contributed by atoms with Gasteiger partial charge < -0.3 is 18.3 Å². The molecule has 0 aliphatic heterocycles. The molecular weight excluding hydrogens is 667 g/mol. The van der Waals surface area contributed by atoms with E-state index in [4.69, 9.17) is 18.3 Å². The molecule has 1 aromatic rings. The molecule has 0 amide bonds.